The predicted molar refractivity (Wildman–Crippen MR) is 55.4 cm³/mol. The van der Waals surface area contributed by atoms with Crippen LogP contribution in [0.1, 0.15) is 27.6 Å². The van der Waals surface area contributed by atoms with Crippen molar-refractivity contribution in [1.82, 2.24) is 10.6 Å². The summed E-state index contributed by atoms with van der Waals surface area (Å²) in [5.41, 5.74) is 5.33. The van der Waals surface area contributed by atoms with E-state index in [4.69, 9.17) is 5.73 Å². The topological polar surface area (TPSA) is 50.1 Å². The molecule has 0 saturated heterocycles. The number of hydrogen-bond donors (Lipinski definition) is 3. The minimum absolute atomic E-state index is 0. The number of hydrogen-bond acceptors (Lipinski definition) is 3. The Morgan fingerprint density at radius 2 is 1.62 bits per heavy atom. The molecule has 3 nitrogen and oxygen atoms in total. The summed E-state index contributed by atoms with van der Waals surface area (Å²) < 4.78 is 0. The normalized spacial score (nSPS) is 9.69. The molecule has 0 fully saturated rings. The van der Waals surface area contributed by atoms with E-state index in [1.54, 1.807) is 0 Å². The van der Waals surface area contributed by atoms with E-state index in [1.807, 2.05) is 0 Å². The number of unbranched alkanes of at least 4 members (excludes halogenated alkanes) is 2. The Morgan fingerprint density at radius 3 is 2.15 bits per heavy atom. The smallest absolute Gasteiger partial charge is 1.00 e. The second-order valence-corrected chi connectivity index (χ2v) is 3.00. The molecule has 0 aromatic rings. The Morgan fingerprint density at radius 1 is 1.00 bits per heavy atom. The van der Waals surface area contributed by atoms with E-state index >= 15 is 0 Å². The summed E-state index contributed by atoms with van der Waals surface area (Å²) in [6, 6.07) is 0. The molecule has 0 bridgehead atoms. The van der Waals surface area contributed by atoms with Gasteiger partial charge in [-0.2, -0.15) is 0 Å². The van der Waals surface area contributed by atoms with E-state index in [0.717, 1.165) is 32.7 Å². The minimum atomic E-state index is 0. The van der Waals surface area contributed by atoms with Gasteiger partial charge in [0.25, 0.3) is 0 Å². The Labute approximate surface area is 127 Å². The summed E-state index contributed by atoms with van der Waals surface area (Å²) in [5, 5.41) is 6.61. The summed E-state index contributed by atoms with van der Waals surface area (Å²) in [7, 11) is 0. The van der Waals surface area contributed by atoms with Gasteiger partial charge in [0.15, 0.2) is 0 Å². The van der Waals surface area contributed by atoms with E-state index in [0.29, 0.717) is 0 Å². The van der Waals surface area contributed by atoms with Gasteiger partial charge in [-0.3, -0.25) is 0 Å². The van der Waals surface area contributed by atoms with Crippen LogP contribution >= 0.6 is 0 Å². The van der Waals surface area contributed by atoms with Crippen LogP contribution in [0.25, 0.3) is 0 Å². The van der Waals surface area contributed by atoms with Crippen LogP contribution in [0.2, 0.25) is 0 Å². The summed E-state index contributed by atoms with van der Waals surface area (Å²) >= 11 is 0. The van der Waals surface area contributed by atoms with Crippen molar-refractivity contribution in [3.63, 3.8) is 0 Å². The van der Waals surface area contributed by atoms with Crippen LogP contribution < -0.4 is 67.8 Å². The van der Waals surface area contributed by atoms with Gasteiger partial charge < -0.3 is 17.8 Å². The molecule has 0 aliphatic heterocycles. The summed E-state index contributed by atoms with van der Waals surface area (Å²) in [6.07, 6.45) is 3.93. The zero-order valence-corrected chi connectivity index (χ0v) is 12.4. The second-order valence-electron chi connectivity index (χ2n) is 3.00. The molecule has 0 aromatic carbocycles. The maximum Gasteiger partial charge on any atom is 1.00 e. The Balaban J connectivity index is -0.000000605. The molecule has 0 rings (SSSR count). The van der Waals surface area contributed by atoms with Gasteiger partial charge in [0.1, 0.15) is 0 Å². The maximum atomic E-state index is 5.33. The SMILES string of the molecule is CCCCCNCCNCCN.[H-].[K+]. The van der Waals surface area contributed by atoms with E-state index in [9.17, 15) is 0 Å². The molecule has 0 unspecified atom stereocenters. The van der Waals surface area contributed by atoms with Crippen LogP contribution in [0.4, 0.5) is 0 Å². The molecule has 4 heteroatoms. The van der Waals surface area contributed by atoms with Crippen molar-refractivity contribution >= 4 is 0 Å². The third kappa shape index (κ3) is 16.2. The van der Waals surface area contributed by atoms with E-state index < -0.39 is 0 Å². The zero-order valence-electron chi connectivity index (χ0n) is 10.2. The molecule has 0 radical (unpaired) electrons. The van der Waals surface area contributed by atoms with Crippen LogP contribution in [0.5, 0.6) is 0 Å². The molecule has 0 aliphatic carbocycles. The van der Waals surface area contributed by atoms with Gasteiger partial charge in [-0.1, -0.05) is 19.8 Å². The van der Waals surface area contributed by atoms with Gasteiger partial charge in [0.05, 0.1) is 0 Å². The average Bonchev–Trinajstić information content (AvgIpc) is 2.10. The molecule has 13 heavy (non-hydrogen) atoms. The van der Waals surface area contributed by atoms with Crippen molar-refractivity contribution in [2.45, 2.75) is 26.2 Å². The van der Waals surface area contributed by atoms with Crippen molar-refractivity contribution in [2.75, 3.05) is 32.7 Å². The first-order chi connectivity index (χ1) is 5.91. The minimum Gasteiger partial charge on any atom is -1.00 e. The van der Waals surface area contributed by atoms with Crippen LogP contribution in [0.15, 0.2) is 0 Å². The third-order valence-electron chi connectivity index (χ3n) is 1.76. The molecule has 0 spiro atoms. The number of rotatable bonds is 9. The molecular formula is C9H24KN3. The van der Waals surface area contributed by atoms with Gasteiger partial charge in [0.2, 0.25) is 0 Å². The quantitative estimate of drug-likeness (QED) is 0.292. The summed E-state index contributed by atoms with van der Waals surface area (Å²) in [4.78, 5) is 0. The number of nitrogens with one attached hydrogen (secondary N) is 2. The van der Waals surface area contributed by atoms with Gasteiger partial charge in [-0.05, 0) is 13.0 Å². The number of nitrogens with two attached hydrogens (primary N) is 1. The Bertz CT molecular complexity index is 76.5. The molecule has 4 N–H and O–H groups in total. The van der Waals surface area contributed by atoms with Crippen molar-refractivity contribution in [3.8, 4) is 0 Å². The van der Waals surface area contributed by atoms with Crippen molar-refractivity contribution < 1.29 is 52.8 Å². The van der Waals surface area contributed by atoms with Crippen LogP contribution in [-0.2, 0) is 0 Å². The van der Waals surface area contributed by atoms with Crippen LogP contribution in [0, 0.1) is 0 Å². The van der Waals surface area contributed by atoms with Crippen LogP contribution in [-0.4, -0.2) is 32.7 Å². The monoisotopic (exact) mass is 213 g/mol. The Kier molecular flexibility index (Phi) is 20.8. The standard InChI is InChI=1S/C9H23N3.K.H/c1-2-3-4-6-11-8-9-12-7-5-10;;/h11-12H,2-10H2,1H3;;/q;+1;-1. The van der Waals surface area contributed by atoms with Crippen LogP contribution in [0.3, 0.4) is 0 Å². The maximum absolute atomic E-state index is 5.33. The first kappa shape index (κ1) is 16.9. The largest absolute Gasteiger partial charge is 1.00 e. The zero-order chi connectivity index (χ0) is 9.07. The summed E-state index contributed by atoms with van der Waals surface area (Å²) in [5.74, 6) is 0. The molecule has 0 aliphatic rings. The van der Waals surface area contributed by atoms with Gasteiger partial charge in [0, 0.05) is 26.2 Å². The van der Waals surface area contributed by atoms with Crippen molar-refractivity contribution in [1.29, 1.82) is 0 Å². The first-order valence-electron chi connectivity index (χ1n) is 5.03. The van der Waals surface area contributed by atoms with E-state index in [-0.39, 0.29) is 52.8 Å². The molecule has 0 amide bonds. The van der Waals surface area contributed by atoms with E-state index in [2.05, 4.69) is 17.6 Å². The molecule has 0 atom stereocenters. The molecule has 0 aromatic heterocycles. The molecule has 76 valence electrons. The predicted octanol–water partition coefficient (Wildman–Crippen LogP) is -2.57. The third-order valence-corrected chi connectivity index (χ3v) is 1.76. The molecular weight excluding hydrogens is 189 g/mol. The van der Waals surface area contributed by atoms with E-state index in [1.165, 1.54) is 19.3 Å². The van der Waals surface area contributed by atoms with Crippen molar-refractivity contribution in [2.24, 2.45) is 5.73 Å². The van der Waals surface area contributed by atoms with Gasteiger partial charge in [-0.25, -0.2) is 0 Å². The molecule has 0 heterocycles. The Hall–Kier alpha value is 1.52. The van der Waals surface area contributed by atoms with Gasteiger partial charge >= 0.3 is 51.4 Å². The van der Waals surface area contributed by atoms with Gasteiger partial charge in [-0.15, -0.1) is 0 Å². The first-order valence-corrected chi connectivity index (χ1v) is 5.03. The fourth-order valence-electron chi connectivity index (χ4n) is 1.03. The fraction of sp³-hybridized carbons (Fsp3) is 1.00. The van der Waals surface area contributed by atoms with Crippen molar-refractivity contribution in [3.05, 3.63) is 0 Å². The fourth-order valence-corrected chi connectivity index (χ4v) is 1.03. The summed E-state index contributed by atoms with van der Waals surface area (Å²) in [6.45, 7) is 7.13. The second kappa shape index (κ2) is 16.0. The average molecular weight is 213 g/mol. The molecule has 0 saturated carbocycles.